The number of ether oxygens (including phenoxy) is 1. The lowest BCUT2D eigenvalue weighted by Crippen LogP contribution is -2.31. The summed E-state index contributed by atoms with van der Waals surface area (Å²) in [6.07, 6.45) is 1.45. The normalized spacial score (nSPS) is 15.6. The van der Waals surface area contributed by atoms with Crippen molar-refractivity contribution < 1.29 is 24.2 Å². The molecule has 4 rings (SSSR count). The number of esters is 1. The first-order chi connectivity index (χ1) is 16.6. The van der Waals surface area contributed by atoms with E-state index in [-0.39, 0.29) is 22.2 Å². The Hall–Kier alpha value is -3.15. The first-order valence-corrected chi connectivity index (χ1v) is 12.8. The number of aryl methyl sites for hydroxylation is 3. The molecule has 1 aliphatic heterocycles. The zero-order chi connectivity index (χ0) is 25.4. The number of aliphatic hydroxyl groups excluding tert-OH is 1. The number of hydrogen-bond donors (Lipinski definition) is 1. The van der Waals surface area contributed by atoms with Gasteiger partial charge in [-0.15, -0.1) is 11.3 Å². The number of nitrogens with zero attached hydrogens (tertiary/aromatic N) is 3. The minimum Gasteiger partial charge on any atom is -0.503 e. The Bertz CT molecular complexity index is 1410. The van der Waals surface area contributed by atoms with Crippen molar-refractivity contribution in [2.24, 2.45) is 0 Å². The van der Waals surface area contributed by atoms with Crippen LogP contribution in [0.5, 0.6) is 0 Å². The van der Waals surface area contributed by atoms with Crippen molar-refractivity contribution in [3.05, 3.63) is 84.4 Å². The second-order valence-electron chi connectivity index (χ2n) is 7.64. The molecule has 8 nitrogen and oxygen atoms in total. The van der Waals surface area contributed by atoms with Crippen LogP contribution >= 0.6 is 38.6 Å². The molecule has 11 heteroatoms. The molecule has 2 aromatic heterocycles. The van der Waals surface area contributed by atoms with Gasteiger partial charge < -0.3 is 9.84 Å². The Morgan fingerprint density at radius 2 is 1.86 bits per heavy atom. The van der Waals surface area contributed by atoms with Gasteiger partial charge in [0.25, 0.3) is 5.91 Å². The molecule has 180 valence electrons. The van der Waals surface area contributed by atoms with Gasteiger partial charge >= 0.3 is 5.97 Å². The molecule has 0 spiro atoms. The largest absolute Gasteiger partial charge is 0.503 e. The Kier molecular flexibility index (Phi) is 7.02. The van der Waals surface area contributed by atoms with Gasteiger partial charge in [0.05, 0.1) is 32.9 Å². The molecule has 0 saturated heterocycles. The van der Waals surface area contributed by atoms with E-state index in [0.29, 0.717) is 31.3 Å². The van der Waals surface area contributed by atoms with E-state index < -0.39 is 29.5 Å². The number of aromatic nitrogens is 2. The van der Waals surface area contributed by atoms with E-state index in [0.717, 1.165) is 11.3 Å². The average molecular weight is 574 g/mol. The minimum atomic E-state index is -0.977. The first-order valence-electron chi connectivity index (χ1n) is 10.4. The number of hydrogen-bond acceptors (Lipinski definition) is 9. The van der Waals surface area contributed by atoms with Gasteiger partial charge in [0.1, 0.15) is 11.5 Å². The van der Waals surface area contributed by atoms with E-state index in [2.05, 4.69) is 32.5 Å². The number of halogens is 1. The highest BCUT2D eigenvalue weighted by molar-refractivity contribution is 9.10. The van der Waals surface area contributed by atoms with Crippen molar-refractivity contribution in [2.75, 3.05) is 11.5 Å². The zero-order valence-electron chi connectivity index (χ0n) is 19.0. The molecule has 0 bridgehead atoms. The molecule has 3 heterocycles. The molecule has 0 fully saturated rings. The highest BCUT2D eigenvalue weighted by atomic mass is 79.9. The maximum atomic E-state index is 13.7. The fourth-order valence-electron chi connectivity index (χ4n) is 3.76. The van der Waals surface area contributed by atoms with Crippen molar-refractivity contribution in [3.63, 3.8) is 0 Å². The number of amides is 1. The van der Waals surface area contributed by atoms with Crippen LogP contribution in [0.4, 0.5) is 5.13 Å². The third-order valence-electron chi connectivity index (χ3n) is 5.27. The average Bonchev–Trinajstić information content (AvgIpc) is 3.45. The van der Waals surface area contributed by atoms with Crippen molar-refractivity contribution in [2.45, 2.75) is 26.8 Å². The number of thiazole rings is 2. The van der Waals surface area contributed by atoms with Gasteiger partial charge in [0, 0.05) is 4.47 Å². The zero-order valence-corrected chi connectivity index (χ0v) is 22.2. The van der Waals surface area contributed by atoms with Gasteiger partial charge in [0.2, 0.25) is 5.78 Å². The van der Waals surface area contributed by atoms with Crippen LogP contribution in [0, 0.1) is 20.8 Å². The number of benzene rings is 1. The summed E-state index contributed by atoms with van der Waals surface area (Å²) < 4.78 is 5.77. The maximum Gasteiger partial charge on any atom is 0.350 e. The summed E-state index contributed by atoms with van der Waals surface area (Å²) >= 11 is 5.66. The Balaban J connectivity index is 1.86. The van der Waals surface area contributed by atoms with E-state index in [1.165, 1.54) is 22.3 Å². The van der Waals surface area contributed by atoms with Gasteiger partial charge in [-0.25, -0.2) is 14.8 Å². The van der Waals surface area contributed by atoms with Gasteiger partial charge in [0.15, 0.2) is 10.9 Å². The number of anilines is 1. The summed E-state index contributed by atoms with van der Waals surface area (Å²) in [7, 11) is 0. The molecule has 1 atom stereocenters. The molecule has 35 heavy (non-hydrogen) atoms. The van der Waals surface area contributed by atoms with Gasteiger partial charge in [-0.3, -0.25) is 14.5 Å². The number of aliphatic hydroxyl groups is 1. The summed E-state index contributed by atoms with van der Waals surface area (Å²) in [6.45, 7) is 8.68. The van der Waals surface area contributed by atoms with Crippen molar-refractivity contribution in [3.8, 4) is 0 Å². The maximum absolute atomic E-state index is 13.7. The molecule has 1 aromatic carbocycles. The Labute approximate surface area is 217 Å². The van der Waals surface area contributed by atoms with Crippen LogP contribution in [-0.2, 0) is 9.53 Å². The molecule has 0 saturated carbocycles. The van der Waals surface area contributed by atoms with E-state index in [4.69, 9.17) is 4.74 Å². The van der Waals surface area contributed by atoms with Gasteiger partial charge in [-0.05, 0) is 32.4 Å². The second-order valence-corrected chi connectivity index (χ2v) is 10.7. The Morgan fingerprint density at radius 1 is 1.17 bits per heavy atom. The lowest BCUT2D eigenvalue weighted by Gasteiger charge is -2.25. The highest BCUT2D eigenvalue weighted by Gasteiger charge is 2.47. The summed E-state index contributed by atoms with van der Waals surface area (Å²) in [5.74, 6) is -2.53. The second kappa shape index (κ2) is 9.84. The molecule has 3 aromatic rings. The van der Waals surface area contributed by atoms with E-state index in [1.807, 2.05) is 0 Å². The minimum absolute atomic E-state index is 0.0301. The number of ketones is 1. The van der Waals surface area contributed by atoms with Crippen LogP contribution < -0.4 is 4.90 Å². The van der Waals surface area contributed by atoms with E-state index in [9.17, 15) is 19.5 Å². The monoisotopic (exact) mass is 573 g/mol. The predicted molar refractivity (Wildman–Crippen MR) is 137 cm³/mol. The number of rotatable bonds is 7. The van der Waals surface area contributed by atoms with Crippen molar-refractivity contribution >= 4 is 61.4 Å². The third-order valence-corrected chi connectivity index (χ3v) is 8.20. The molecular weight excluding hydrogens is 554 g/mol. The lowest BCUT2D eigenvalue weighted by molar-refractivity contribution is -0.117. The standard InChI is InChI=1S/C24H20BrN3O5S2/c1-5-10-33-23(32)21-12(3)27-24(35-21)28-17(14-8-6-7-9-15(14)25)16(19(30)22(28)31)18(29)20-11(2)26-13(4)34-20/h5-9,17,30H,1,10H2,2-4H3. The van der Waals surface area contributed by atoms with Crippen LogP contribution in [0.25, 0.3) is 0 Å². The van der Waals surface area contributed by atoms with E-state index in [1.54, 1.807) is 45.0 Å². The number of Topliss-reactive ketones (excluding diaryl/α,β-unsaturated/α-hetero) is 1. The molecular formula is C24H20BrN3O5S2. The molecule has 0 radical (unpaired) electrons. The highest BCUT2D eigenvalue weighted by Crippen LogP contribution is 2.46. The molecule has 1 aliphatic rings. The van der Waals surface area contributed by atoms with Crippen molar-refractivity contribution in [1.82, 2.24) is 9.97 Å². The fourth-order valence-corrected chi connectivity index (χ4v) is 6.13. The summed E-state index contributed by atoms with van der Waals surface area (Å²) in [4.78, 5) is 50.1. The van der Waals surface area contributed by atoms with Gasteiger partial charge in [-0.2, -0.15) is 0 Å². The molecule has 1 amide bonds. The molecule has 0 aliphatic carbocycles. The van der Waals surface area contributed by atoms with E-state index >= 15 is 0 Å². The lowest BCUT2D eigenvalue weighted by atomic mass is 9.95. The smallest absolute Gasteiger partial charge is 0.350 e. The quantitative estimate of drug-likeness (QED) is 0.228. The number of carbonyl (C=O) groups excluding carboxylic acids is 3. The van der Waals surface area contributed by atoms with Crippen molar-refractivity contribution in [1.29, 1.82) is 0 Å². The van der Waals surface area contributed by atoms with Crippen LogP contribution in [-0.4, -0.2) is 39.3 Å². The fraction of sp³-hybridized carbons (Fsp3) is 0.208. The SMILES string of the molecule is C=CCOC(=O)c1sc(N2C(=O)C(O)=C(C(=O)c3sc(C)nc3C)C2c2ccccc2Br)nc1C. The third kappa shape index (κ3) is 4.46. The summed E-state index contributed by atoms with van der Waals surface area (Å²) in [5, 5.41) is 11.8. The summed E-state index contributed by atoms with van der Waals surface area (Å²) in [6, 6.07) is 6.13. The molecule has 1 unspecified atom stereocenters. The molecule has 1 N–H and O–H groups in total. The number of carbonyl (C=O) groups is 3. The Morgan fingerprint density at radius 3 is 2.49 bits per heavy atom. The van der Waals surface area contributed by atoms with Crippen LogP contribution in [0.3, 0.4) is 0 Å². The first kappa shape index (κ1) is 25.0. The summed E-state index contributed by atoms with van der Waals surface area (Å²) in [5.41, 5.74) is 1.39. The van der Waals surface area contributed by atoms with Crippen LogP contribution in [0.15, 0.2) is 52.7 Å². The van der Waals surface area contributed by atoms with Gasteiger partial charge in [-0.1, -0.05) is 58.1 Å². The van der Waals surface area contributed by atoms with Crippen LogP contribution in [0.2, 0.25) is 0 Å². The topological polar surface area (TPSA) is 110 Å². The predicted octanol–water partition coefficient (Wildman–Crippen LogP) is 5.41. The van der Waals surface area contributed by atoms with Crippen LogP contribution in [0.1, 0.15) is 47.3 Å².